The van der Waals surface area contributed by atoms with Gasteiger partial charge in [-0.05, 0) is 118 Å². The molecule has 1 aliphatic heterocycles. The van der Waals surface area contributed by atoms with Gasteiger partial charge in [-0.3, -0.25) is 19.6 Å². The summed E-state index contributed by atoms with van der Waals surface area (Å²) in [5, 5.41) is 24.2. The quantitative estimate of drug-likeness (QED) is 0.0791. The van der Waals surface area contributed by atoms with Gasteiger partial charge < -0.3 is 35.6 Å². The lowest BCUT2D eigenvalue weighted by molar-refractivity contribution is -0.122. The number of carbonyl (C=O) groups is 2. The molecule has 3 aromatic rings. The summed E-state index contributed by atoms with van der Waals surface area (Å²) < 4.78 is 19.5. The first-order valence-electron chi connectivity index (χ1n) is 16.9. The van der Waals surface area contributed by atoms with E-state index in [-0.39, 0.29) is 18.7 Å². The fourth-order valence-electron chi connectivity index (χ4n) is 5.77. The Morgan fingerprint density at radius 2 is 1.72 bits per heavy atom. The average molecular weight is 754 g/mol. The Labute approximate surface area is 317 Å². The molecule has 0 atom stereocenters. The summed E-state index contributed by atoms with van der Waals surface area (Å²) in [7, 11) is 2.72. The molecule has 0 bridgehead atoms. The summed E-state index contributed by atoms with van der Waals surface area (Å²) >= 11 is 5.86. The third kappa shape index (κ3) is 16.6. The van der Waals surface area contributed by atoms with Crippen molar-refractivity contribution < 1.29 is 34.0 Å². The molecule has 3 aromatic carbocycles. The predicted octanol–water partition coefficient (Wildman–Crippen LogP) is 6.38. The molecule has 0 saturated carbocycles. The number of aliphatic hydroxyl groups excluding tert-OH is 1. The molecule has 11 nitrogen and oxygen atoms in total. The van der Waals surface area contributed by atoms with Gasteiger partial charge in [0.15, 0.2) is 0 Å². The number of aromatic hydroxyl groups is 1. The number of aryl methyl sites for hydroxylation is 1. The van der Waals surface area contributed by atoms with E-state index in [0.717, 1.165) is 92.9 Å². The van der Waals surface area contributed by atoms with Crippen molar-refractivity contribution in [3.8, 4) is 5.75 Å². The van der Waals surface area contributed by atoms with Crippen LogP contribution in [0.25, 0.3) is 0 Å². The number of hydrogen-bond acceptors (Lipinski definition) is 9. The summed E-state index contributed by atoms with van der Waals surface area (Å²) in [6, 6.07) is 16.9. The molecular weight excluding hydrogens is 701 g/mol. The first-order valence-corrected chi connectivity index (χ1v) is 17.3. The number of aliphatic hydroxyl groups is 1. The van der Waals surface area contributed by atoms with Crippen molar-refractivity contribution >= 4 is 49.3 Å². The Morgan fingerprint density at radius 1 is 1.08 bits per heavy atom. The van der Waals surface area contributed by atoms with Crippen LogP contribution in [0.2, 0.25) is 5.02 Å². The van der Waals surface area contributed by atoms with E-state index in [4.69, 9.17) is 36.1 Å². The number of carboxylic acid groups (broad SMARTS) is 1. The Morgan fingerprint density at radius 3 is 2.30 bits per heavy atom. The molecule has 0 radical (unpaired) electrons. The van der Waals surface area contributed by atoms with Gasteiger partial charge in [0.05, 0.1) is 18.0 Å². The predicted molar refractivity (Wildman–Crippen MR) is 214 cm³/mol. The molecule has 1 heterocycles. The van der Waals surface area contributed by atoms with Crippen molar-refractivity contribution in [3.05, 3.63) is 112 Å². The minimum Gasteiger partial charge on any atom is -0.508 e. The zero-order valence-corrected chi connectivity index (χ0v) is 31.6. The standard InChI is InChI=1S/C37H44ClFN4O2.CH3NO.CH2O2.CH4O/c1-27-23-28(10-14-37(27)44)24-29-9-13-36(35(25-29)41-3)43(21-22-45-4)20-19-42-17-15-31(16-18-42)34(40-2)8-6-5-7-30-11-12-32(38)26-33(30)39;2*2-1-3;1-2/h5-6,8-14,23,25-26,31,44H,2-3,7,15-22,24H2,1,4H3;1H,(H2,2,3);1H,(H,2,3);2H,1H3/b6-5-,34-8-;;;. The lowest BCUT2D eigenvalue weighted by atomic mass is 9.93. The van der Waals surface area contributed by atoms with Crippen LogP contribution < -0.4 is 10.6 Å². The number of aliphatic imine (C=N–C) groups is 2. The maximum atomic E-state index is 14.1. The number of allylic oxidation sites excluding steroid dienone is 4. The van der Waals surface area contributed by atoms with E-state index in [2.05, 4.69) is 57.2 Å². The topological polar surface area (TPSA) is 161 Å². The number of anilines is 1. The third-order valence-electron chi connectivity index (χ3n) is 8.42. The van der Waals surface area contributed by atoms with E-state index >= 15 is 0 Å². The summed E-state index contributed by atoms with van der Waals surface area (Å²) in [5.41, 5.74) is 10.8. The average Bonchev–Trinajstić information content (AvgIpc) is 3.16. The highest BCUT2D eigenvalue weighted by molar-refractivity contribution is 6.30. The van der Waals surface area contributed by atoms with Crippen LogP contribution >= 0.6 is 11.6 Å². The molecule has 4 rings (SSSR count). The number of halogens is 2. The number of nitrogens with zero attached hydrogens (tertiary/aromatic N) is 4. The van der Waals surface area contributed by atoms with E-state index in [9.17, 15) is 9.50 Å². The van der Waals surface area contributed by atoms with Crippen molar-refractivity contribution in [1.82, 2.24) is 4.90 Å². The van der Waals surface area contributed by atoms with Gasteiger partial charge in [-0.15, -0.1) is 0 Å². The van der Waals surface area contributed by atoms with Crippen molar-refractivity contribution in [1.29, 1.82) is 0 Å². The number of nitrogens with two attached hydrogens (primary N) is 1. The number of ether oxygens (including phenoxy) is 1. The van der Waals surface area contributed by atoms with Crippen LogP contribution in [0, 0.1) is 18.7 Å². The number of hydrogen-bond donors (Lipinski definition) is 4. The van der Waals surface area contributed by atoms with Crippen molar-refractivity contribution in [2.75, 3.05) is 58.5 Å². The second-order valence-electron chi connectivity index (χ2n) is 11.7. The molecular formula is C40H53ClFN5O6. The van der Waals surface area contributed by atoms with E-state index in [1.807, 2.05) is 37.3 Å². The van der Waals surface area contributed by atoms with Gasteiger partial charge >= 0.3 is 0 Å². The second-order valence-corrected chi connectivity index (χ2v) is 12.2. The Kier molecular flexibility index (Phi) is 23.4. The van der Waals surface area contributed by atoms with Crippen LogP contribution in [0.4, 0.5) is 15.8 Å². The van der Waals surface area contributed by atoms with E-state index in [1.165, 1.54) is 6.07 Å². The molecule has 1 fully saturated rings. The highest BCUT2D eigenvalue weighted by Gasteiger charge is 2.22. The van der Waals surface area contributed by atoms with Crippen molar-refractivity contribution in [3.63, 3.8) is 0 Å². The highest BCUT2D eigenvalue weighted by Crippen LogP contribution is 2.32. The van der Waals surface area contributed by atoms with Crippen molar-refractivity contribution in [2.24, 2.45) is 21.6 Å². The molecule has 0 unspecified atom stereocenters. The van der Waals surface area contributed by atoms with Gasteiger partial charge in [0, 0.05) is 50.5 Å². The Hall–Kier alpha value is -4.88. The largest absolute Gasteiger partial charge is 0.508 e. The molecule has 1 saturated heterocycles. The molecule has 0 spiro atoms. The Balaban J connectivity index is 0.00000162. The lowest BCUT2D eigenvalue weighted by Crippen LogP contribution is -2.41. The smallest absolute Gasteiger partial charge is 0.290 e. The minimum atomic E-state index is -0.291. The van der Waals surface area contributed by atoms with Crippen LogP contribution in [-0.4, -0.2) is 100 Å². The number of benzene rings is 3. The number of piperidine rings is 1. The molecule has 288 valence electrons. The van der Waals surface area contributed by atoms with Gasteiger partial charge in [0.2, 0.25) is 6.41 Å². The number of primary amides is 1. The van der Waals surface area contributed by atoms with Gasteiger partial charge in [-0.2, -0.15) is 0 Å². The first-order chi connectivity index (χ1) is 25.6. The molecule has 0 aromatic heterocycles. The maximum Gasteiger partial charge on any atom is 0.290 e. The first kappa shape index (κ1) is 46.1. The van der Waals surface area contributed by atoms with E-state index in [0.29, 0.717) is 35.3 Å². The van der Waals surface area contributed by atoms with Crippen LogP contribution in [-0.2, 0) is 27.2 Å². The normalized spacial score (nSPS) is 13.0. The summed E-state index contributed by atoms with van der Waals surface area (Å²) in [4.78, 5) is 30.5. The SMILES string of the molecule is C=N/C(=C\C=C/Cc1ccc(Cl)cc1F)C1CCN(CCN(CCOC)c2ccc(Cc3ccc(O)c(C)c3)cc2N=C)CC1.CO.NC=O.O=CO. The zero-order chi connectivity index (χ0) is 39.6. The summed E-state index contributed by atoms with van der Waals surface area (Å²) in [6.07, 6.45) is 9.40. The van der Waals surface area contributed by atoms with Crippen LogP contribution in [0.1, 0.15) is 35.1 Å². The monoisotopic (exact) mass is 753 g/mol. The molecule has 1 aliphatic rings. The maximum absolute atomic E-state index is 14.1. The number of phenols is 1. The lowest BCUT2D eigenvalue weighted by Gasteiger charge is -2.34. The molecule has 53 heavy (non-hydrogen) atoms. The van der Waals surface area contributed by atoms with Gasteiger partial charge in [-0.1, -0.05) is 48.0 Å². The van der Waals surface area contributed by atoms with Crippen LogP contribution in [0.5, 0.6) is 5.75 Å². The van der Waals surface area contributed by atoms with Gasteiger partial charge in [0.25, 0.3) is 6.47 Å². The fourth-order valence-corrected chi connectivity index (χ4v) is 5.93. The third-order valence-corrected chi connectivity index (χ3v) is 8.65. The second kappa shape index (κ2) is 26.8. The molecule has 1 amide bonds. The minimum absolute atomic E-state index is 0.250. The van der Waals surface area contributed by atoms with Crippen LogP contribution in [0.15, 0.2) is 88.5 Å². The summed E-state index contributed by atoms with van der Waals surface area (Å²) in [5.74, 6) is 0.370. The van der Waals surface area contributed by atoms with E-state index < -0.39 is 0 Å². The fraction of sp³-hybridized carbons (Fsp3) is 0.350. The Bertz CT molecular complexity index is 1620. The zero-order valence-electron chi connectivity index (χ0n) is 30.8. The number of phenolic OH excluding ortho intramolecular Hbond substituents is 1. The van der Waals surface area contributed by atoms with Crippen LogP contribution in [0.3, 0.4) is 0 Å². The number of amides is 1. The molecule has 0 aliphatic carbocycles. The number of likely N-dealkylation sites (tertiary alicyclic amines) is 1. The highest BCUT2D eigenvalue weighted by atomic mass is 35.5. The molecule has 13 heteroatoms. The van der Waals surface area contributed by atoms with E-state index in [1.54, 1.807) is 25.3 Å². The number of carbonyl (C=O) groups excluding carboxylic acids is 1. The van der Waals surface area contributed by atoms with Gasteiger partial charge in [-0.25, -0.2) is 4.39 Å². The number of rotatable bonds is 15. The molecule has 5 N–H and O–H groups in total. The summed E-state index contributed by atoms with van der Waals surface area (Å²) in [6.45, 7) is 14.4. The van der Waals surface area contributed by atoms with Crippen molar-refractivity contribution in [2.45, 2.75) is 32.6 Å². The number of methoxy groups -OCH3 is 1. The van der Waals surface area contributed by atoms with Gasteiger partial charge in [0.1, 0.15) is 11.6 Å².